The molecule has 3 aromatic rings. The van der Waals surface area contributed by atoms with Crippen molar-refractivity contribution in [1.82, 2.24) is 24.5 Å². The van der Waals surface area contributed by atoms with E-state index in [2.05, 4.69) is 15.3 Å². The number of H-pyrrole nitrogens is 1. The first-order valence-corrected chi connectivity index (χ1v) is 11.9. The number of fused-ring (bicyclic) bond motifs is 1. The fraction of sp³-hybridized carbons (Fsp3) is 0.333. The number of carbonyl (C=O) groups is 1. The third-order valence-electron chi connectivity index (χ3n) is 5.48. The molecule has 0 radical (unpaired) electrons. The Hall–Kier alpha value is -2.46. The van der Waals surface area contributed by atoms with E-state index in [0.29, 0.717) is 42.2 Å². The van der Waals surface area contributed by atoms with Gasteiger partial charge in [0.05, 0.1) is 12.6 Å². The fourth-order valence-corrected chi connectivity index (χ4v) is 5.43. The van der Waals surface area contributed by atoms with Crippen LogP contribution in [-0.4, -0.2) is 66.2 Å². The summed E-state index contributed by atoms with van der Waals surface area (Å²) in [6.07, 6.45) is 3.11. The minimum atomic E-state index is -3.63. The van der Waals surface area contributed by atoms with Crippen molar-refractivity contribution in [2.45, 2.75) is 17.9 Å². The van der Waals surface area contributed by atoms with E-state index >= 15 is 0 Å². The van der Waals surface area contributed by atoms with E-state index in [4.69, 9.17) is 11.6 Å². The molecule has 164 valence electrons. The predicted molar refractivity (Wildman–Crippen MR) is 119 cm³/mol. The smallest absolute Gasteiger partial charge is 0.245 e. The molecule has 1 aliphatic heterocycles. The van der Waals surface area contributed by atoms with E-state index in [1.54, 1.807) is 30.5 Å². The first kappa shape index (κ1) is 21.8. The molecular formula is C21H24ClN5O3S. The summed E-state index contributed by atoms with van der Waals surface area (Å²) in [6, 6.07) is 10.7. The molecule has 4 rings (SSSR count). The Bertz CT molecular complexity index is 1170. The lowest BCUT2D eigenvalue weighted by molar-refractivity contribution is -0.123. The van der Waals surface area contributed by atoms with Crippen molar-refractivity contribution in [3.05, 3.63) is 59.4 Å². The normalized spacial score (nSPS) is 17.0. The number of nitrogens with zero attached hydrogens (tertiary/aromatic N) is 3. The molecule has 31 heavy (non-hydrogen) atoms. The summed E-state index contributed by atoms with van der Waals surface area (Å²) in [7, 11) is -3.63. The Morgan fingerprint density at radius 1 is 1.19 bits per heavy atom. The Balaban J connectivity index is 1.33. The topological polar surface area (TPSA) is 98.4 Å². The quantitative estimate of drug-likeness (QED) is 0.587. The number of pyridine rings is 1. The number of carbonyl (C=O) groups excluding carboxylic acids is 1. The van der Waals surface area contributed by atoms with Crippen LogP contribution in [0.15, 0.2) is 53.7 Å². The highest BCUT2D eigenvalue weighted by molar-refractivity contribution is 7.89. The number of halogens is 1. The third kappa shape index (κ3) is 4.74. The van der Waals surface area contributed by atoms with Gasteiger partial charge in [-0.05, 0) is 36.8 Å². The molecule has 8 nitrogen and oxygen atoms in total. The van der Waals surface area contributed by atoms with Gasteiger partial charge >= 0.3 is 0 Å². The lowest BCUT2D eigenvalue weighted by Crippen LogP contribution is -2.51. The van der Waals surface area contributed by atoms with Crippen LogP contribution >= 0.6 is 11.6 Å². The largest absolute Gasteiger partial charge is 0.348 e. The van der Waals surface area contributed by atoms with E-state index in [0.717, 1.165) is 5.56 Å². The number of benzene rings is 1. The summed E-state index contributed by atoms with van der Waals surface area (Å²) in [5, 5.41) is 4.22. The average Bonchev–Trinajstić information content (AvgIpc) is 3.19. The molecule has 2 N–H and O–H groups in total. The zero-order valence-electron chi connectivity index (χ0n) is 17.1. The highest BCUT2D eigenvalue weighted by atomic mass is 35.5. The number of amides is 1. The van der Waals surface area contributed by atoms with Crippen LogP contribution in [0.3, 0.4) is 0 Å². The molecule has 3 heterocycles. The SMILES string of the molecule is CC(NC(=O)CN1CCN(S(=O)(=O)c2c[nH]c3ncccc23)CC1)c1ccc(Cl)cc1. The minimum absolute atomic E-state index is 0.0959. The van der Waals surface area contributed by atoms with Crippen molar-refractivity contribution in [2.24, 2.45) is 0 Å². The number of hydrogen-bond donors (Lipinski definition) is 2. The predicted octanol–water partition coefficient (Wildman–Crippen LogP) is 2.40. The Kier molecular flexibility index (Phi) is 6.29. The lowest BCUT2D eigenvalue weighted by Gasteiger charge is -2.33. The van der Waals surface area contributed by atoms with Gasteiger partial charge in [-0.2, -0.15) is 4.31 Å². The molecule has 0 saturated carbocycles. The molecule has 1 saturated heterocycles. The zero-order chi connectivity index (χ0) is 22.0. The zero-order valence-corrected chi connectivity index (χ0v) is 18.7. The maximum absolute atomic E-state index is 13.1. The first-order valence-electron chi connectivity index (χ1n) is 10.0. The van der Waals surface area contributed by atoms with E-state index in [1.807, 2.05) is 24.0 Å². The van der Waals surface area contributed by atoms with Crippen molar-refractivity contribution in [3.8, 4) is 0 Å². The maximum atomic E-state index is 13.1. The maximum Gasteiger partial charge on any atom is 0.245 e. The van der Waals surface area contributed by atoms with Crippen LogP contribution in [0.5, 0.6) is 0 Å². The molecular weight excluding hydrogens is 438 g/mol. The molecule has 1 amide bonds. The van der Waals surface area contributed by atoms with E-state index in [1.165, 1.54) is 10.5 Å². The Morgan fingerprint density at radius 3 is 2.61 bits per heavy atom. The van der Waals surface area contributed by atoms with Crippen LogP contribution in [0.2, 0.25) is 5.02 Å². The van der Waals surface area contributed by atoms with Crippen molar-refractivity contribution in [3.63, 3.8) is 0 Å². The second kappa shape index (κ2) is 8.96. The average molecular weight is 462 g/mol. The van der Waals surface area contributed by atoms with Crippen LogP contribution in [-0.2, 0) is 14.8 Å². The number of nitrogens with one attached hydrogen (secondary N) is 2. The van der Waals surface area contributed by atoms with Gasteiger partial charge in [0.25, 0.3) is 0 Å². The van der Waals surface area contributed by atoms with Gasteiger partial charge in [0.2, 0.25) is 15.9 Å². The van der Waals surface area contributed by atoms with E-state index in [9.17, 15) is 13.2 Å². The van der Waals surface area contributed by atoms with Crippen LogP contribution in [0.1, 0.15) is 18.5 Å². The van der Waals surface area contributed by atoms with Gasteiger partial charge < -0.3 is 10.3 Å². The summed E-state index contributed by atoms with van der Waals surface area (Å²) in [6.45, 7) is 3.78. The number of aromatic nitrogens is 2. The molecule has 0 aliphatic carbocycles. The van der Waals surface area contributed by atoms with Gasteiger partial charge in [-0.25, -0.2) is 13.4 Å². The summed E-state index contributed by atoms with van der Waals surface area (Å²) < 4.78 is 27.6. The number of rotatable bonds is 6. The molecule has 1 aliphatic rings. The standard InChI is InChI=1S/C21H24ClN5O3S/c1-15(16-4-6-17(22)7-5-16)25-20(28)14-26-9-11-27(12-10-26)31(29,30)19-13-24-21-18(19)3-2-8-23-21/h2-8,13,15H,9-12,14H2,1H3,(H,23,24)(H,25,28). The van der Waals surface area contributed by atoms with Crippen molar-refractivity contribution in [2.75, 3.05) is 32.7 Å². The van der Waals surface area contributed by atoms with E-state index < -0.39 is 10.0 Å². The van der Waals surface area contributed by atoms with Crippen molar-refractivity contribution < 1.29 is 13.2 Å². The van der Waals surface area contributed by atoms with Gasteiger partial charge in [-0.15, -0.1) is 0 Å². The summed E-state index contributed by atoms with van der Waals surface area (Å²) >= 11 is 5.91. The molecule has 1 fully saturated rings. The summed E-state index contributed by atoms with van der Waals surface area (Å²) in [4.78, 5) is 21.7. The van der Waals surface area contributed by atoms with Gasteiger partial charge in [-0.1, -0.05) is 23.7 Å². The molecule has 1 unspecified atom stereocenters. The highest BCUT2D eigenvalue weighted by Gasteiger charge is 2.31. The van der Waals surface area contributed by atoms with Crippen LogP contribution < -0.4 is 5.32 Å². The fourth-order valence-electron chi connectivity index (χ4n) is 3.74. The van der Waals surface area contributed by atoms with Gasteiger partial charge in [0.1, 0.15) is 10.5 Å². The van der Waals surface area contributed by atoms with Crippen molar-refractivity contribution in [1.29, 1.82) is 0 Å². The van der Waals surface area contributed by atoms with Gasteiger partial charge in [0, 0.05) is 49.0 Å². The minimum Gasteiger partial charge on any atom is -0.348 e. The summed E-state index contributed by atoms with van der Waals surface area (Å²) in [5.41, 5.74) is 1.52. The second-order valence-corrected chi connectivity index (χ2v) is 9.92. The monoisotopic (exact) mass is 461 g/mol. The van der Waals surface area contributed by atoms with Crippen LogP contribution in [0, 0.1) is 0 Å². The molecule has 1 aromatic carbocycles. The number of sulfonamides is 1. The molecule has 0 spiro atoms. The first-order chi connectivity index (χ1) is 14.8. The second-order valence-electron chi connectivity index (χ2n) is 7.57. The number of hydrogen-bond acceptors (Lipinski definition) is 5. The number of piperazine rings is 1. The van der Waals surface area contributed by atoms with Gasteiger partial charge in [-0.3, -0.25) is 9.69 Å². The van der Waals surface area contributed by atoms with E-state index in [-0.39, 0.29) is 23.4 Å². The highest BCUT2D eigenvalue weighted by Crippen LogP contribution is 2.25. The third-order valence-corrected chi connectivity index (χ3v) is 7.67. The molecule has 1 atom stereocenters. The molecule has 0 bridgehead atoms. The molecule has 10 heteroatoms. The summed E-state index contributed by atoms with van der Waals surface area (Å²) in [5.74, 6) is -0.0959. The Labute approximate surface area is 186 Å². The lowest BCUT2D eigenvalue weighted by atomic mass is 10.1. The van der Waals surface area contributed by atoms with Crippen molar-refractivity contribution >= 4 is 38.6 Å². The number of aromatic amines is 1. The molecule has 2 aromatic heterocycles. The van der Waals surface area contributed by atoms with Crippen LogP contribution in [0.25, 0.3) is 11.0 Å². The Morgan fingerprint density at radius 2 is 1.90 bits per heavy atom. The van der Waals surface area contributed by atoms with Crippen LogP contribution in [0.4, 0.5) is 0 Å². The van der Waals surface area contributed by atoms with Gasteiger partial charge in [0.15, 0.2) is 0 Å².